The van der Waals surface area contributed by atoms with Crippen LogP contribution in [0.3, 0.4) is 0 Å². The van der Waals surface area contributed by atoms with E-state index in [-0.39, 0.29) is 18.1 Å². The van der Waals surface area contributed by atoms with Gasteiger partial charge >= 0.3 is 0 Å². The third-order valence-electron chi connectivity index (χ3n) is 2.49. The second kappa shape index (κ2) is 5.60. The molecule has 2 rings (SSSR count). The van der Waals surface area contributed by atoms with E-state index < -0.39 is 5.82 Å². The summed E-state index contributed by atoms with van der Waals surface area (Å²) in [7, 11) is 0. The molecule has 0 atom stereocenters. The number of carbonyl (C=O) groups excluding carboxylic acids is 1. The monoisotopic (exact) mass is 264 g/mol. The maximum atomic E-state index is 13.2. The van der Waals surface area contributed by atoms with E-state index in [1.54, 1.807) is 0 Å². The molecule has 1 aromatic carbocycles. The first-order valence-electron chi connectivity index (χ1n) is 5.85. The zero-order valence-corrected chi connectivity index (χ0v) is 10.6. The van der Waals surface area contributed by atoms with Crippen LogP contribution in [0.1, 0.15) is 35.9 Å². The lowest BCUT2D eigenvalue weighted by Crippen LogP contribution is -2.03. The molecule has 0 bridgehead atoms. The molecule has 0 spiro atoms. The second-order valence-electron chi connectivity index (χ2n) is 3.94. The number of halogens is 1. The Bertz CT molecular complexity index is 595. The number of ether oxygens (including phenoxy) is 1. The first-order chi connectivity index (χ1) is 9.10. The fraction of sp³-hybridized carbons (Fsp3) is 0.308. The lowest BCUT2D eigenvalue weighted by atomic mass is 10.1. The van der Waals surface area contributed by atoms with Gasteiger partial charge in [0.25, 0.3) is 0 Å². The third kappa shape index (κ3) is 3.15. The van der Waals surface area contributed by atoms with Crippen molar-refractivity contribution >= 4 is 5.78 Å². The third-order valence-corrected chi connectivity index (χ3v) is 2.49. The summed E-state index contributed by atoms with van der Waals surface area (Å²) in [5.74, 6) is 0.371. The van der Waals surface area contributed by atoms with Crippen LogP contribution in [-0.2, 0) is 13.0 Å². The summed E-state index contributed by atoms with van der Waals surface area (Å²) in [5, 5.41) is 3.71. The Morgan fingerprint density at radius 1 is 1.47 bits per heavy atom. The van der Waals surface area contributed by atoms with Crippen LogP contribution in [-0.4, -0.2) is 15.9 Å². The number of nitrogens with zero attached hydrogens (tertiary/aromatic N) is 2. The molecule has 0 unspecified atom stereocenters. The number of ketones is 1. The zero-order chi connectivity index (χ0) is 13.8. The van der Waals surface area contributed by atoms with Gasteiger partial charge in [-0.25, -0.2) is 4.39 Å². The van der Waals surface area contributed by atoms with E-state index in [2.05, 4.69) is 10.1 Å². The number of aryl methyl sites for hydroxylation is 1. The predicted molar refractivity (Wildman–Crippen MR) is 64.4 cm³/mol. The highest BCUT2D eigenvalue weighted by atomic mass is 19.1. The van der Waals surface area contributed by atoms with E-state index in [0.29, 0.717) is 23.7 Å². The molecule has 0 saturated heterocycles. The molecule has 100 valence electrons. The van der Waals surface area contributed by atoms with Gasteiger partial charge in [-0.3, -0.25) is 4.79 Å². The first-order valence-corrected chi connectivity index (χ1v) is 5.85. The van der Waals surface area contributed by atoms with Gasteiger partial charge in [-0.1, -0.05) is 12.1 Å². The van der Waals surface area contributed by atoms with Crippen LogP contribution in [0.5, 0.6) is 5.75 Å². The largest absolute Gasteiger partial charge is 0.485 e. The molecule has 6 heteroatoms. The summed E-state index contributed by atoms with van der Waals surface area (Å²) in [6.45, 7) is 3.30. The molecule has 0 saturated carbocycles. The summed E-state index contributed by atoms with van der Waals surface area (Å²) in [4.78, 5) is 15.4. The van der Waals surface area contributed by atoms with E-state index in [4.69, 9.17) is 9.26 Å². The number of hydrogen-bond acceptors (Lipinski definition) is 5. The highest BCUT2D eigenvalue weighted by Gasteiger charge is 2.11. The van der Waals surface area contributed by atoms with Crippen LogP contribution in [0.15, 0.2) is 22.7 Å². The number of Topliss-reactive ketones (excluding diaryl/α,β-unsaturated/α-hetero) is 1. The van der Waals surface area contributed by atoms with Gasteiger partial charge in [0.1, 0.15) is 11.6 Å². The quantitative estimate of drug-likeness (QED) is 0.776. The Kier molecular flexibility index (Phi) is 3.89. The Balaban J connectivity index is 2.14. The predicted octanol–water partition coefficient (Wildman–Crippen LogP) is 2.55. The molecule has 19 heavy (non-hydrogen) atoms. The van der Waals surface area contributed by atoms with Crippen molar-refractivity contribution in [3.8, 4) is 5.75 Å². The van der Waals surface area contributed by atoms with Crippen molar-refractivity contribution in [2.24, 2.45) is 0 Å². The summed E-state index contributed by atoms with van der Waals surface area (Å²) in [5.41, 5.74) is 0.320. The number of carbonyl (C=O) groups is 1. The molecule has 5 nitrogen and oxygen atoms in total. The van der Waals surface area contributed by atoms with E-state index >= 15 is 0 Å². The van der Waals surface area contributed by atoms with Crippen LogP contribution in [0.25, 0.3) is 0 Å². The molecule has 2 aromatic rings. The Labute approximate surface area is 109 Å². The van der Waals surface area contributed by atoms with Gasteiger partial charge in [0.05, 0.1) is 5.56 Å². The maximum absolute atomic E-state index is 13.2. The van der Waals surface area contributed by atoms with Gasteiger partial charge < -0.3 is 9.26 Å². The van der Waals surface area contributed by atoms with Crippen molar-refractivity contribution in [1.29, 1.82) is 0 Å². The van der Waals surface area contributed by atoms with E-state index in [0.717, 1.165) is 6.07 Å². The van der Waals surface area contributed by atoms with Crippen LogP contribution < -0.4 is 4.74 Å². The van der Waals surface area contributed by atoms with Gasteiger partial charge in [0.2, 0.25) is 11.7 Å². The molecule has 0 aliphatic rings. The molecule has 0 amide bonds. The van der Waals surface area contributed by atoms with Gasteiger partial charge in [0, 0.05) is 12.5 Å². The summed E-state index contributed by atoms with van der Waals surface area (Å²) in [6.07, 6.45) is 0.631. The van der Waals surface area contributed by atoms with E-state index in [1.807, 2.05) is 6.92 Å². The highest BCUT2D eigenvalue weighted by Crippen LogP contribution is 2.21. The van der Waals surface area contributed by atoms with Crippen LogP contribution in [0.2, 0.25) is 0 Å². The van der Waals surface area contributed by atoms with Gasteiger partial charge in [0.15, 0.2) is 12.4 Å². The zero-order valence-electron chi connectivity index (χ0n) is 10.6. The van der Waals surface area contributed by atoms with Crippen molar-refractivity contribution in [2.75, 3.05) is 0 Å². The van der Waals surface area contributed by atoms with Crippen molar-refractivity contribution < 1.29 is 18.4 Å². The molecule has 0 radical (unpaired) electrons. The second-order valence-corrected chi connectivity index (χ2v) is 3.94. The first kappa shape index (κ1) is 13.2. The van der Waals surface area contributed by atoms with Gasteiger partial charge in [-0.15, -0.1) is 0 Å². The molecule has 1 heterocycles. The SMILES string of the molecule is CCc1nc(COc2cc(F)ccc2C(C)=O)no1. The molecule has 0 N–H and O–H groups in total. The van der Waals surface area contributed by atoms with Crippen molar-refractivity contribution in [1.82, 2.24) is 10.1 Å². The highest BCUT2D eigenvalue weighted by molar-refractivity contribution is 5.96. The smallest absolute Gasteiger partial charge is 0.226 e. The van der Waals surface area contributed by atoms with Crippen LogP contribution >= 0.6 is 0 Å². The Morgan fingerprint density at radius 2 is 2.26 bits per heavy atom. The number of benzene rings is 1. The lowest BCUT2D eigenvalue weighted by molar-refractivity contribution is 0.101. The minimum atomic E-state index is -0.470. The van der Waals surface area contributed by atoms with Crippen LogP contribution in [0, 0.1) is 5.82 Å². The van der Waals surface area contributed by atoms with Gasteiger partial charge in [-0.05, 0) is 19.1 Å². The fourth-order valence-electron chi connectivity index (χ4n) is 1.54. The fourth-order valence-corrected chi connectivity index (χ4v) is 1.54. The molecular formula is C13H13FN2O3. The standard InChI is InChI=1S/C13H13FN2O3/c1-3-13-15-12(16-19-13)7-18-11-6-9(14)4-5-10(11)8(2)17/h4-6H,3,7H2,1-2H3. The summed E-state index contributed by atoms with van der Waals surface area (Å²) in [6, 6.07) is 3.77. The topological polar surface area (TPSA) is 65.2 Å². The van der Waals surface area contributed by atoms with Crippen molar-refractivity contribution in [2.45, 2.75) is 26.9 Å². The van der Waals surface area contributed by atoms with Crippen molar-refractivity contribution in [3.63, 3.8) is 0 Å². The maximum Gasteiger partial charge on any atom is 0.226 e. The molecule has 0 aliphatic carbocycles. The average Bonchev–Trinajstić information content (AvgIpc) is 2.84. The number of aromatic nitrogens is 2. The minimum absolute atomic E-state index is 0.0211. The normalized spacial score (nSPS) is 10.5. The molecule has 0 aliphatic heterocycles. The van der Waals surface area contributed by atoms with Gasteiger partial charge in [-0.2, -0.15) is 4.98 Å². The number of rotatable bonds is 5. The number of hydrogen-bond donors (Lipinski definition) is 0. The molecule has 0 fully saturated rings. The summed E-state index contributed by atoms with van der Waals surface area (Å²) < 4.78 is 23.5. The average molecular weight is 264 g/mol. The minimum Gasteiger partial charge on any atom is -0.485 e. The van der Waals surface area contributed by atoms with Crippen LogP contribution in [0.4, 0.5) is 4.39 Å². The molecular weight excluding hydrogens is 251 g/mol. The van der Waals surface area contributed by atoms with Crippen molar-refractivity contribution in [3.05, 3.63) is 41.3 Å². The van der Waals surface area contributed by atoms with E-state index in [1.165, 1.54) is 19.1 Å². The summed E-state index contributed by atoms with van der Waals surface area (Å²) >= 11 is 0. The Hall–Kier alpha value is -2.24. The molecule has 1 aromatic heterocycles. The Morgan fingerprint density at radius 3 is 2.89 bits per heavy atom. The lowest BCUT2D eigenvalue weighted by Gasteiger charge is -2.07. The van der Waals surface area contributed by atoms with E-state index in [9.17, 15) is 9.18 Å².